The molecule has 1 N–H and O–H groups in total. The monoisotopic (exact) mass is 1270 g/mol. The summed E-state index contributed by atoms with van der Waals surface area (Å²) < 4.78 is 62.8. The van der Waals surface area contributed by atoms with Crippen LogP contribution in [0.25, 0.3) is 33.4 Å². The molecule has 0 bridgehead atoms. The summed E-state index contributed by atoms with van der Waals surface area (Å²) in [5.74, 6) is 2.59. The molecular weight excluding hydrogens is 1170 g/mol. The van der Waals surface area contributed by atoms with Crippen molar-refractivity contribution in [3.05, 3.63) is 204 Å². The van der Waals surface area contributed by atoms with Gasteiger partial charge >= 0.3 is 23.3 Å². The molecule has 1 aliphatic rings. The number of benzene rings is 8. The molecule has 88 heavy (non-hydrogen) atoms. The average Bonchev–Trinajstić information content (AvgIpc) is 1.10. The van der Waals surface area contributed by atoms with E-state index in [-0.39, 0.29) is 39.5 Å². The summed E-state index contributed by atoms with van der Waals surface area (Å²) >= 11 is 6.70. The Balaban J connectivity index is 1.28. The van der Waals surface area contributed by atoms with Crippen molar-refractivity contribution in [2.75, 3.05) is 5.75 Å². The van der Waals surface area contributed by atoms with Crippen molar-refractivity contribution >= 4 is 65.9 Å². The first-order valence-electron chi connectivity index (χ1n) is 32.0. The van der Waals surface area contributed by atoms with Gasteiger partial charge in [-0.3, -0.25) is 0 Å². The predicted molar refractivity (Wildman–Crippen MR) is 381 cm³/mol. The van der Waals surface area contributed by atoms with Crippen LogP contribution in [-0.2, 0) is 21.8 Å². The van der Waals surface area contributed by atoms with E-state index in [0.29, 0.717) is 17.9 Å². The summed E-state index contributed by atoms with van der Waals surface area (Å²) in [5.41, 5.74) is 9.47. The number of unbranched alkanes of at least 4 members (excludes halogenated alkanes) is 5. The predicted octanol–water partition coefficient (Wildman–Crippen LogP) is 19.3. The van der Waals surface area contributed by atoms with Crippen molar-refractivity contribution in [2.45, 2.75) is 176 Å². The van der Waals surface area contributed by atoms with Gasteiger partial charge in [0.05, 0.1) is 5.75 Å². The Morgan fingerprint density at radius 1 is 0.443 bits per heavy atom. The van der Waals surface area contributed by atoms with Gasteiger partial charge in [0, 0.05) is 34.1 Å². The SMILES string of the molecule is CCCCCCCCS(=O)(=O)NP1(=S)Oc2c(cccc2-c2c(C(C)C)cc(O[Si](c3ccccc3)(c3ccccc3)C(C)(C)C)cc2C(C)C)-c2cccc(-c3c(C(C)C)cc(O[Si](c4ccccc4)(c4ccccc4)C(C)(C)C)cc3C(C)C)c2O1. The van der Waals surface area contributed by atoms with Gasteiger partial charge in [-0.05, 0) is 119 Å². The van der Waals surface area contributed by atoms with Crippen LogP contribution in [0.15, 0.2) is 182 Å². The highest BCUT2D eigenvalue weighted by molar-refractivity contribution is 8.14. The maximum Gasteiger partial charge on any atom is 0.379 e. The Labute approximate surface area is 535 Å². The standard InChI is InChI=1S/C76H94NO6PS2Si2/c1-16-17-18-19-20-33-48-86(78,79)77-84(85)80-73-63(44-34-46-65(73)71-67(53(2)3)49-57(50-68(71)54(4)5)82-87(75(10,11)12,59-36-25-21-26-37-59)60-38-27-22-28-39-60)64-45-35-47-66(74(64)81-84)72-69(55(6)7)51-58(52-70(72)56(8)9)83-88(76(13,14)15,61-40-29-23-30-41-61)62-42-31-24-32-43-62/h21-32,34-47,49-56H,16-20,33,48H2,1-15H3,(H,77,85). The lowest BCUT2D eigenvalue weighted by molar-refractivity contribution is 0.489. The topological polar surface area (TPSA) is 83.1 Å². The maximum atomic E-state index is 14.7. The number of hydrogen-bond donors (Lipinski definition) is 1. The van der Waals surface area contributed by atoms with Crippen LogP contribution in [0.3, 0.4) is 0 Å². The molecule has 12 heteroatoms. The zero-order chi connectivity index (χ0) is 63.4. The molecule has 9 rings (SSSR count). The molecule has 0 radical (unpaired) electrons. The van der Waals surface area contributed by atoms with Gasteiger partial charge in [-0.15, -0.1) is 4.49 Å². The number of sulfonamides is 1. The third-order valence-electron chi connectivity index (χ3n) is 17.5. The van der Waals surface area contributed by atoms with E-state index >= 15 is 0 Å². The Hall–Kier alpha value is -6.05. The van der Waals surface area contributed by atoms with Crippen molar-refractivity contribution in [1.29, 1.82) is 0 Å². The highest BCUT2D eigenvalue weighted by Crippen LogP contribution is 2.61. The van der Waals surface area contributed by atoms with Gasteiger partial charge in [0.25, 0.3) is 0 Å². The van der Waals surface area contributed by atoms with E-state index < -0.39 is 33.3 Å². The van der Waals surface area contributed by atoms with Crippen molar-refractivity contribution in [3.8, 4) is 56.4 Å². The van der Waals surface area contributed by atoms with Crippen LogP contribution in [-0.4, -0.2) is 30.8 Å². The quantitative estimate of drug-likeness (QED) is 0.0388. The molecule has 7 nitrogen and oxygen atoms in total. The van der Waals surface area contributed by atoms with E-state index in [1.165, 1.54) is 20.7 Å². The van der Waals surface area contributed by atoms with Gasteiger partial charge in [0.1, 0.15) is 23.0 Å². The van der Waals surface area contributed by atoms with Gasteiger partial charge in [0.15, 0.2) is 0 Å². The smallest absolute Gasteiger partial charge is 0.379 e. The number of hydrogen-bond acceptors (Lipinski definition) is 7. The molecule has 464 valence electrons. The first-order chi connectivity index (χ1) is 41.8. The second kappa shape index (κ2) is 27.2. The van der Waals surface area contributed by atoms with E-state index in [1.54, 1.807) is 0 Å². The van der Waals surface area contributed by atoms with E-state index in [0.717, 1.165) is 99.2 Å². The molecule has 8 aromatic rings. The molecule has 0 saturated carbocycles. The molecular formula is C76H94NO6PS2Si2. The van der Waals surface area contributed by atoms with Crippen LogP contribution in [0.4, 0.5) is 0 Å². The van der Waals surface area contributed by atoms with E-state index in [2.05, 4.69) is 290 Å². The van der Waals surface area contributed by atoms with Gasteiger partial charge < -0.3 is 17.9 Å². The van der Waals surface area contributed by atoms with Crippen LogP contribution >= 0.6 is 6.64 Å². The van der Waals surface area contributed by atoms with E-state index in [1.807, 2.05) is 0 Å². The molecule has 0 aromatic heterocycles. The molecule has 0 aliphatic carbocycles. The summed E-state index contributed by atoms with van der Waals surface area (Å²) in [4.78, 5) is 0. The van der Waals surface area contributed by atoms with Crippen LogP contribution < -0.4 is 43.1 Å². The van der Waals surface area contributed by atoms with Crippen LogP contribution in [0.2, 0.25) is 10.1 Å². The second-order valence-electron chi connectivity index (χ2n) is 27.3. The van der Waals surface area contributed by atoms with Gasteiger partial charge in [-0.2, -0.15) is 0 Å². The lowest BCUT2D eigenvalue weighted by Gasteiger charge is -2.43. The molecule has 0 fully saturated rings. The molecule has 0 saturated heterocycles. The van der Waals surface area contributed by atoms with Gasteiger partial charge in [-0.1, -0.05) is 294 Å². The molecule has 0 atom stereocenters. The fraction of sp³-hybridized carbons (Fsp3) is 0.368. The number of fused-ring (bicyclic) bond motifs is 3. The largest absolute Gasteiger partial charge is 0.534 e. The summed E-state index contributed by atoms with van der Waals surface area (Å²) in [6, 6.07) is 64.6. The number of rotatable bonds is 23. The summed E-state index contributed by atoms with van der Waals surface area (Å²) in [6.45, 7) is 29.8. The van der Waals surface area contributed by atoms with Crippen molar-refractivity contribution in [1.82, 2.24) is 4.49 Å². The molecule has 8 aromatic carbocycles. The van der Waals surface area contributed by atoms with E-state index in [9.17, 15) is 8.42 Å². The van der Waals surface area contributed by atoms with Crippen LogP contribution in [0.1, 0.15) is 188 Å². The van der Waals surface area contributed by atoms with E-state index in [4.69, 9.17) is 29.7 Å². The van der Waals surface area contributed by atoms with Crippen molar-refractivity contribution in [2.24, 2.45) is 0 Å². The summed E-state index contributed by atoms with van der Waals surface area (Å²) in [5, 5.41) is 4.24. The molecule has 1 heterocycles. The molecule has 0 unspecified atom stereocenters. The third kappa shape index (κ3) is 13.7. The normalized spacial score (nSPS) is 13.7. The average molecular weight is 1270 g/mol. The lowest BCUT2D eigenvalue weighted by atomic mass is 9.82. The first-order valence-corrected chi connectivity index (χ1v) is 40.1. The zero-order valence-electron chi connectivity index (χ0n) is 54.8. The minimum absolute atomic E-state index is 0.0262. The Kier molecular flexibility index (Phi) is 20.5. The summed E-state index contributed by atoms with van der Waals surface area (Å²) in [6.07, 6.45) is 5.56. The van der Waals surface area contributed by atoms with Crippen molar-refractivity contribution in [3.63, 3.8) is 0 Å². The highest BCUT2D eigenvalue weighted by atomic mass is 32.5. The molecule has 0 spiro atoms. The van der Waals surface area contributed by atoms with Crippen LogP contribution in [0.5, 0.6) is 23.0 Å². The maximum absolute atomic E-state index is 14.7. The lowest BCUT2D eigenvalue weighted by Crippen LogP contribution is -2.68. The zero-order valence-corrected chi connectivity index (χ0v) is 59.3. The fourth-order valence-electron chi connectivity index (χ4n) is 13.2. The third-order valence-corrected chi connectivity index (χ3v) is 32.2. The van der Waals surface area contributed by atoms with Gasteiger partial charge in [-0.25, -0.2) is 8.42 Å². The first kappa shape index (κ1) is 66.4. The van der Waals surface area contributed by atoms with Crippen LogP contribution in [0, 0.1) is 0 Å². The Morgan fingerprint density at radius 3 is 1.03 bits per heavy atom. The second-order valence-corrected chi connectivity index (χ2v) is 40.9. The van der Waals surface area contributed by atoms with Gasteiger partial charge in [0.2, 0.25) is 10.0 Å². The highest BCUT2D eigenvalue weighted by Gasteiger charge is 2.54. The molecule has 0 amide bonds. The molecule has 1 aliphatic heterocycles. The number of nitrogens with one attached hydrogen (secondary N) is 1. The minimum atomic E-state index is -4.05. The Morgan fingerprint density at radius 2 is 0.739 bits per heavy atom. The fourth-order valence-corrected chi connectivity index (χ4v) is 27.0. The van der Waals surface area contributed by atoms with Crippen molar-refractivity contribution < 1.29 is 26.3 Å². The number of para-hydroxylation sites is 2. The Bertz CT molecular complexity index is 3500. The summed E-state index contributed by atoms with van der Waals surface area (Å²) in [7, 11) is -10.2. The minimum Gasteiger partial charge on any atom is -0.534 e.